The fourth-order valence-electron chi connectivity index (χ4n) is 3.76. The molecule has 0 fully saturated rings. The molecule has 0 amide bonds. The molecule has 1 atom stereocenters. The van der Waals surface area contributed by atoms with Crippen molar-refractivity contribution < 1.29 is 18.3 Å². The minimum Gasteiger partial charge on any atom is -0.496 e. The lowest BCUT2D eigenvalue weighted by Crippen LogP contribution is -2.27. The van der Waals surface area contributed by atoms with E-state index < -0.39 is 6.61 Å². The molecule has 6 nitrogen and oxygen atoms in total. The summed E-state index contributed by atoms with van der Waals surface area (Å²) in [4.78, 5) is 12.1. The average molecular weight is 433 g/mol. The van der Waals surface area contributed by atoms with Crippen molar-refractivity contribution in [1.29, 1.82) is 0 Å². The van der Waals surface area contributed by atoms with Gasteiger partial charge in [0.1, 0.15) is 17.0 Å². The Balaban J connectivity index is 2.09. The number of fused-ring (bicyclic) bond motifs is 1. The van der Waals surface area contributed by atoms with E-state index in [0.29, 0.717) is 23.0 Å². The zero-order chi connectivity index (χ0) is 22.7. The Morgan fingerprint density at radius 1 is 1.16 bits per heavy atom. The molecule has 0 N–H and O–H groups in total. The maximum atomic E-state index is 12.6. The van der Waals surface area contributed by atoms with E-state index in [1.165, 1.54) is 19.2 Å². The molecule has 3 aromatic rings. The molecule has 2 heterocycles. The number of nitrogens with zero attached hydrogens (tertiary/aromatic N) is 4. The lowest BCUT2D eigenvalue weighted by atomic mass is 10.1. The lowest BCUT2D eigenvalue weighted by Gasteiger charge is -2.24. The number of aryl methyl sites for hydroxylation is 2. The molecule has 0 aliphatic carbocycles. The summed E-state index contributed by atoms with van der Waals surface area (Å²) in [5.41, 5.74) is 4.80. The standard InChI is InChI=1S/C23H30F2N4O2/c1-7-16(13-28(5)8-2)29-12-14(3)20-22(29)26-15(4)21(27-20)18-10-9-17(31-23(24)25)11-19(18)30-6/h9-12,16,23H,7-8,13H2,1-6H3. The quantitative estimate of drug-likeness (QED) is 0.464. The van der Waals surface area contributed by atoms with Gasteiger partial charge < -0.3 is 18.9 Å². The molecule has 8 heteroatoms. The van der Waals surface area contributed by atoms with Crippen LogP contribution in [0, 0.1) is 13.8 Å². The number of aromatic nitrogens is 3. The highest BCUT2D eigenvalue weighted by Gasteiger charge is 2.20. The van der Waals surface area contributed by atoms with Crippen molar-refractivity contribution in [2.24, 2.45) is 0 Å². The zero-order valence-corrected chi connectivity index (χ0v) is 18.9. The number of ether oxygens (including phenoxy) is 2. The summed E-state index contributed by atoms with van der Waals surface area (Å²) in [5.74, 6) is 0.443. The third kappa shape index (κ3) is 4.79. The molecule has 0 aliphatic heterocycles. The molecule has 0 aliphatic rings. The third-order valence-electron chi connectivity index (χ3n) is 5.58. The normalized spacial score (nSPS) is 12.7. The van der Waals surface area contributed by atoms with Crippen LogP contribution in [0.1, 0.15) is 37.6 Å². The van der Waals surface area contributed by atoms with Crippen LogP contribution in [-0.4, -0.2) is 53.3 Å². The molecule has 3 rings (SSSR count). The predicted octanol–water partition coefficient (Wildman–Crippen LogP) is 5.23. The van der Waals surface area contributed by atoms with Gasteiger partial charge in [-0.25, -0.2) is 9.97 Å². The first-order valence-electron chi connectivity index (χ1n) is 10.5. The minimum absolute atomic E-state index is 0.0375. The highest BCUT2D eigenvalue weighted by Crippen LogP contribution is 2.36. The highest BCUT2D eigenvalue weighted by atomic mass is 19.3. The lowest BCUT2D eigenvalue weighted by molar-refractivity contribution is -0.0499. The van der Waals surface area contributed by atoms with Crippen LogP contribution in [-0.2, 0) is 0 Å². The van der Waals surface area contributed by atoms with Gasteiger partial charge in [0.15, 0.2) is 5.65 Å². The van der Waals surface area contributed by atoms with E-state index in [-0.39, 0.29) is 5.75 Å². The Labute approximate surface area is 181 Å². The Hall–Kier alpha value is -2.74. The molecule has 1 aromatic carbocycles. The number of hydrogen-bond acceptors (Lipinski definition) is 5. The van der Waals surface area contributed by atoms with E-state index in [4.69, 9.17) is 14.7 Å². The van der Waals surface area contributed by atoms with Gasteiger partial charge in [-0.2, -0.15) is 8.78 Å². The zero-order valence-electron chi connectivity index (χ0n) is 18.9. The molecule has 0 saturated carbocycles. The van der Waals surface area contributed by atoms with Crippen LogP contribution in [0.4, 0.5) is 8.78 Å². The highest BCUT2D eigenvalue weighted by molar-refractivity contribution is 5.81. The van der Waals surface area contributed by atoms with E-state index >= 15 is 0 Å². The Bertz CT molecular complexity index is 1050. The maximum Gasteiger partial charge on any atom is 0.387 e. The fraction of sp³-hybridized carbons (Fsp3) is 0.478. The van der Waals surface area contributed by atoms with Crippen LogP contribution >= 0.6 is 0 Å². The van der Waals surface area contributed by atoms with Gasteiger partial charge in [0.05, 0.1) is 18.5 Å². The molecular weight excluding hydrogens is 402 g/mol. The molecule has 0 radical (unpaired) electrons. The summed E-state index contributed by atoms with van der Waals surface area (Å²) in [6.45, 7) is 7.27. The van der Waals surface area contributed by atoms with Gasteiger partial charge >= 0.3 is 6.61 Å². The van der Waals surface area contributed by atoms with Crippen LogP contribution in [0.5, 0.6) is 11.5 Å². The SMILES string of the molecule is CCC(CN(C)CC)n1cc(C)c2nc(-c3ccc(OC(F)F)cc3OC)c(C)nc21. The van der Waals surface area contributed by atoms with Crippen molar-refractivity contribution in [2.45, 2.75) is 46.8 Å². The van der Waals surface area contributed by atoms with Crippen molar-refractivity contribution in [1.82, 2.24) is 19.4 Å². The third-order valence-corrected chi connectivity index (χ3v) is 5.58. The number of alkyl halides is 2. The van der Waals surface area contributed by atoms with Crippen LogP contribution in [0.25, 0.3) is 22.4 Å². The summed E-state index contributed by atoms with van der Waals surface area (Å²) >= 11 is 0. The second kappa shape index (κ2) is 9.60. The average Bonchev–Trinajstić information content (AvgIpc) is 3.06. The number of benzene rings is 1. The summed E-state index contributed by atoms with van der Waals surface area (Å²) in [6, 6.07) is 4.90. The van der Waals surface area contributed by atoms with Crippen LogP contribution < -0.4 is 9.47 Å². The topological polar surface area (TPSA) is 52.4 Å². The molecule has 0 spiro atoms. The summed E-state index contributed by atoms with van der Waals surface area (Å²) in [7, 11) is 3.61. The van der Waals surface area contributed by atoms with Gasteiger partial charge in [-0.15, -0.1) is 0 Å². The Morgan fingerprint density at radius 3 is 2.52 bits per heavy atom. The first kappa shape index (κ1) is 22.9. The Kier molecular flexibility index (Phi) is 7.10. The molecule has 1 unspecified atom stereocenters. The van der Waals surface area contributed by atoms with Gasteiger partial charge in [-0.05, 0) is 51.6 Å². The predicted molar refractivity (Wildman–Crippen MR) is 118 cm³/mol. The van der Waals surface area contributed by atoms with Crippen molar-refractivity contribution in [3.63, 3.8) is 0 Å². The van der Waals surface area contributed by atoms with Crippen LogP contribution in [0.15, 0.2) is 24.4 Å². The monoisotopic (exact) mass is 432 g/mol. The molecule has 168 valence electrons. The van der Waals surface area contributed by atoms with E-state index in [9.17, 15) is 8.78 Å². The van der Waals surface area contributed by atoms with E-state index in [1.807, 2.05) is 13.8 Å². The summed E-state index contributed by atoms with van der Waals surface area (Å²) in [6.07, 6.45) is 3.10. The second-order valence-corrected chi connectivity index (χ2v) is 7.71. The van der Waals surface area contributed by atoms with Gasteiger partial charge in [-0.3, -0.25) is 0 Å². The van der Waals surface area contributed by atoms with E-state index in [2.05, 4.69) is 41.3 Å². The number of methoxy groups -OCH3 is 1. The van der Waals surface area contributed by atoms with E-state index in [1.54, 1.807) is 6.07 Å². The summed E-state index contributed by atoms with van der Waals surface area (Å²) < 4.78 is 37.3. The van der Waals surface area contributed by atoms with Crippen LogP contribution in [0.3, 0.4) is 0 Å². The maximum absolute atomic E-state index is 12.6. The Morgan fingerprint density at radius 2 is 1.90 bits per heavy atom. The van der Waals surface area contributed by atoms with Crippen LogP contribution in [0.2, 0.25) is 0 Å². The molecule has 0 bridgehead atoms. The molecule has 0 saturated heterocycles. The smallest absolute Gasteiger partial charge is 0.387 e. The first-order chi connectivity index (χ1) is 14.8. The van der Waals surface area contributed by atoms with Gasteiger partial charge in [0, 0.05) is 30.4 Å². The minimum atomic E-state index is -2.89. The van der Waals surface area contributed by atoms with Gasteiger partial charge in [0.25, 0.3) is 0 Å². The first-order valence-corrected chi connectivity index (χ1v) is 10.5. The van der Waals surface area contributed by atoms with Crippen molar-refractivity contribution >= 4 is 11.2 Å². The number of rotatable bonds is 9. The number of hydrogen-bond donors (Lipinski definition) is 0. The van der Waals surface area contributed by atoms with Crippen molar-refractivity contribution in [3.8, 4) is 22.8 Å². The number of likely N-dealkylation sites (N-methyl/N-ethyl adjacent to an activating group) is 1. The molecule has 2 aromatic heterocycles. The van der Waals surface area contributed by atoms with Crippen molar-refractivity contribution in [3.05, 3.63) is 35.7 Å². The largest absolute Gasteiger partial charge is 0.496 e. The number of halogens is 2. The van der Waals surface area contributed by atoms with E-state index in [0.717, 1.165) is 41.9 Å². The van der Waals surface area contributed by atoms with Gasteiger partial charge in [0.2, 0.25) is 0 Å². The molecular formula is C23H30F2N4O2. The second-order valence-electron chi connectivity index (χ2n) is 7.71. The van der Waals surface area contributed by atoms with Gasteiger partial charge in [-0.1, -0.05) is 13.8 Å². The summed E-state index contributed by atoms with van der Waals surface area (Å²) in [5, 5.41) is 0. The molecule has 31 heavy (non-hydrogen) atoms. The van der Waals surface area contributed by atoms with Crippen molar-refractivity contribution in [2.75, 3.05) is 27.2 Å². The fourth-order valence-corrected chi connectivity index (χ4v) is 3.76.